The summed E-state index contributed by atoms with van der Waals surface area (Å²) in [5.41, 5.74) is 3.46. The van der Waals surface area contributed by atoms with Crippen molar-refractivity contribution in [1.82, 2.24) is 9.97 Å². The first-order valence-corrected chi connectivity index (χ1v) is 7.51. The van der Waals surface area contributed by atoms with Gasteiger partial charge in [0, 0.05) is 24.3 Å². The average molecular weight is 297 g/mol. The standard InChI is InChI=1S/C17H19N3O2/c1-11-12(2)18-17(20-9-5-6-10-20)19-15(11)13-7-3-4-8-14(13)16(21)22/h3-4,7-8H,5-6,9-10H2,1-2H3,(H,21,22). The second-order valence-electron chi connectivity index (χ2n) is 5.63. The molecule has 0 aliphatic carbocycles. The van der Waals surface area contributed by atoms with Crippen LogP contribution < -0.4 is 4.90 Å². The summed E-state index contributed by atoms with van der Waals surface area (Å²) < 4.78 is 0. The van der Waals surface area contributed by atoms with E-state index in [1.54, 1.807) is 12.1 Å². The zero-order chi connectivity index (χ0) is 15.7. The van der Waals surface area contributed by atoms with Crippen LogP contribution in [-0.4, -0.2) is 34.1 Å². The van der Waals surface area contributed by atoms with Crippen molar-refractivity contribution in [3.63, 3.8) is 0 Å². The lowest BCUT2D eigenvalue weighted by atomic mass is 10.0. The van der Waals surface area contributed by atoms with Crippen molar-refractivity contribution in [1.29, 1.82) is 0 Å². The molecule has 1 aromatic carbocycles. The Kier molecular flexibility index (Phi) is 3.79. The topological polar surface area (TPSA) is 66.3 Å². The molecule has 0 spiro atoms. The lowest BCUT2D eigenvalue weighted by Gasteiger charge is -2.19. The molecule has 0 bridgehead atoms. The Morgan fingerprint density at radius 3 is 2.50 bits per heavy atom. The normalized spacial score (nSPS) is 14.4. The molecule has 1 aromatic heterocycles. The number of anilines is 1. The Balaban J connectivity index is 2.16. The quantitative estimate of drug-likeness (QED) is 0.943. The number of rotatable bonds is 3. The third-order valence-electron chi connectivity index (χ3n) is 4.18. The summed E-state index contributed by atoms with van der Waals surface area (Å²) in [5, 5.41) is 9.41. The summed E-state index contributed by atoms with van der Waals surface area (Å²) in [7, 11) is 0. The SMILES string of the molecule is Cc1nc(N2CCCC2)nc(-c2ccccc2C(=O)O)c1C. The molecule has 1 saturated heterocycles. The minimum atomic E-state index is -0.936. The van der Waals surface area contributed by atoms with E-state index in [4.69, 9.17) is 0 Å². The van der Waals surface area contributed by atoms with Crippen molar-refractivity contribution in [3.05, 3.63) is 41.1 Å². The Morgan fingerprint density at radius 1 is 1.14 bits per heavy atom. The molecule has 1 aliphatic heterocycles. The molecule has 1 aliphatic rings. The van der Waals surface area contributed by atoms with Crippen molar-refractivity contribution in [2.75, 3.05) is 18.0 Å². The molecule has 2 aromatic rings. The summed E-state index contributed by atoms with van der Waals surface area (Å²) in [6.45, 7) is 5.81. The van der Waals surface area contributed by atoms with Crippen LogP contribution in [0.1, 0.15) is 34.5 Å². The number of nitrogens with zero attached hydrogens (tertiary/aromatic N) is 3. The van der Waals surface area contributed by atoms with E-state index in [1.165, 1.54) is 0 Å². The summed E-state index contributed by atoms with van der Waals surface area (Å²) in [5.74, 6) is -0.232. The fourth-order valence-electron chi connectivity index (χ4n) is 2.81. The molecule has 5 heteroatoms. The highest BCUT2D eigenvalue weighted by atomic mass is 16.4. The Hall–Kier alpha value is -2.43. The average Bonchev–Trinajstić information content (AvgIpc) is 3.04. The van der Waals surface area contributed by atoms with Gasteiger partial charge in [0.25, 0.3) is 0 Å². The third kappa shape index (κ3) is 2.54. The van der Waals surface area contributed by atoms with Gasteiger partial charge in [-0.1, -0.05) is 18.2 Å². The molecule has 3 rings (SSSR count). The van der Waals surface area contributed by atoms with Gasteiger partial charge in [0.1, 0.15) is 0 Å². The van der Waals surface area contributed by atoms with Crippen LogP contribution in [0.15, 0.2) is 24.3 Å². The van der Waals surface area contributed by atoms with Crippen molar-refractivity contribution < 1.29 is 9.90 Å². The minimum Gasteiger partial charge on any atom is -0.478 e. The number of aryl methyl sites for hydroxylation is 1. The maximum Gasteiger partial charge on any atom is 0.336 e. The third-order valence-corrected chi connectivity index (χ3v) is 4.18. The van der Waals surface area contributed by atoms with Crippen LogP contribution in [0, 0.1) is 13.8 Å². The van der Waals surface area contributed by atoms with E-state index in [0.717, 1.165) is 37.2 Å². The number of carboxylic acid groups (broad SMARTS) is 1. The van der Waals surface area contributed by atoms with Crippen LogP contribution in [0.25, 0.3) is 11.3 Å². The second kappa shape index (κ2) is 5.75. The van der Waals surface area contributed by atoms with Gasteiger partial charge in [-0.15, -0.1) is 0 Å². The van der Waals surface area contributed by atoms with E-state index in [1.807, 2.05) is 26.0 Å². The van der Waals surface area contributed by atoms with Gasteiger partial charge in [-0.2, -0.15) is 0 Å². The highest BCUT2D eigenvalue weighted by Crippen LogP contribution is 2.29. The molecule has 1 fully saturated rings. The van der Waals surface area contributed by atoms with Crippen LogP contribution in [0.3, 0.4) is 0 Å². The molecule has 0 unspecified atom stereocenters. The first-order chi connectivity index (χ1) is 10.6. The lowest BCUT2D eigenvalue weighted by molar-refractivity contribution is 0.0697. The first-order valence-electron chi connectivity index (χ1n) is 7.51. The Bertz CT molecular complexity index is 722. The number of aromatic carboxylic acids is 1. The van der Waals surface area contributed by atoms with Gasteiger partial charge >= 0.3 is 5.97 Å². The molecule has 0 amide bonds. The van der Waals surface area contributed by atoms with Gasteiger partial charge in [0.15, 0.2) is 0 Å². The highest BCUT2D eigenvalue weighted by Gasteiger charge is 2.20. The summed E-state index contributed by atoms with van der Waals surface area (Å²) in [4.78, 5) is 22.9. The number of hydrogen-bond acceptors (Lipinski definition) is 4. The monoisotopic (exact) mass is 297 g/mol. The summed E-state index contributed by atoms with van der Waals surface area (Å²) >= 11 is 0. The first kappa shape index (κ1) is 14.5. The van der Waals surface area contributed by atoms with E-state index in [2.05, 4.69) is 14.9 Å². The summed E-state index contributed by atoms with van der Waals surface area (Å²) in [6.07, 6.45) is 2.30. The molecular weight excluding hydrogens is 278 g/mol. The smallest absolute Gasteiger partial charge is 0.336 e. The summed E-state index contributed by atoms with van der Waals surface area (Å²) in [6, 6.07) is 7.00. The largest absolute Gasteiger partial charge is 0.478 e. The number of hydrogen-bond donors (Lipinski definition) is 1. The molecule has 0 atom stereocenters. The zero-order valence-corrected chi connectivity index (χ0v) is 12.8. The Morgan fingerprint density at radius 2 is 1.82 bits per heavy atom. The zero-order valence-electron chi connectivity index (χ0n) is 12.8. The number of carboxylic acids is 1. The van der Waals surface area contributed by atoms with Crippen molar-refractivity contribution in [2.45, 2.75) is 26.7 Å². The molecule has 0 radical (unpaired) electrons. The maximum absolute atomic E-state index is 11.5. The van der Waals surface area contributed by atoms with Crippen LogP contribution in [0.5, 0.6) is 0 Å². The van der Waals surface area contributed by atoms with E-state index in [9.17, 15) is 9.90 Å². The number of carbonyl (C=O) groups is 1. The molecule has 114 valence electrons. The van der Waals surface area contributed by atoms with Gasteiger partial charge in [0.2, 0.25) is 5.95 Å². The predicted octanol–water partition coefficient (Wildman–Crippen LogP) is 3.06. The van der Waals surface area contributed by atoms with E-state index < -0.39 is 5.97 Å². The van der Waals surface area contributed by atoms with Crippen LogP contribution in [0.2, 0.25) is 0 Å². The molecule has 2 heterocycles. The van der Waals surface area contributed by atoms with Crippen LogP contribution in [-0.2, 0) is 0 Å². The van der Waals surface area contributed by atoms with Gasteiger partial charge in [-0.05, 0) is 38.3 Å². The highest BCUT2D eigenvalue weighted by molar-refractivity contribution is 5.96. The van der Waals surface area contributed by atoms with Gasteiger partial charge in [-0.3, -0.25) is 0 Å². The van der Waals surface area contributed by atoms with Crippen LogP contribution in [0.4, 0.5) is 5.95 Å². The van der Waals surface area contributed by atoms with Crippen molar-refractivity contribution >= 4 is 11.9 Å². The Labute approximate surface area is 129 Å². The lowest BCUT2D eigenvalue weighted by Crippen LogP contribution is -2.21. The van der Waals surface area contributed by atoms with Crippen LogP contribution >= 0.6 is 0 Å². The molecular formula is C17H19N3O2. The van der Waals surface area contributed by atoms with Gasteiger partial charge in [0.05, 0.1) is 11.3 Å². The van der Waals surface area contributed by atoms with E-state index >= 15 is 0 Å². The maximum atomic E-state index is 11.5. The van der Waals surface area contributed by atoms with Gasteiger partial charge < -0.3 is 10.0 Å². The predicted molar refractivity (Wildman–Crippen MR) is 85.3 cm³/mol. The van der Waals surface area contributed by atoms with Crippen molar-refractivity contribution in [3.8, 4) is 11.3 Å². The fraction of sp³-hybridized carbons (Fsp3) is 0.353. The number of benzene rings is 1. The number of aromatic nitrogens is 2. The van der Waals surface area contributed by atoms with E-state index in [-0.39, 0.29) is 5.56 Å². The molecule has 5 nitrogen and oxygen atoms in total. The second-order valence-corrected chi connectivity index (χ2v) is 5.63. The van der Waals surface area contributed by atoms with Gasteiger partial charge in [-0.25, -0.2) is 14.8 Å². The van der Waals surface area contributed by atoms with Crippen molar-refractivity contribution in [2.24, 2.45) is 0 Å². The van der Waals surface area contributed by atoms with E-state index in [0.29, 0.717) is 17.2 Å². The minimum absolute atomic E-state index is 0.274. The molecule has 22 heavy (non-hydrogen) atoms. The fourth-order valence-corrected chi connectivity index (χ4v) is 2.81. The molecule has 1 N–H and O–H groups in total. The molecule has 0 saturated carbocycles.